The second-order valence-electron chi connectivity index (χ2n) is 4.18. The lowest BCUT2D eigenvalue weighted by atomic mass is 10.00. The van der Waals surface area contributed by atoms with E-state index >= 15 is 0 Å². The van der Waals surface area contributed by atoms with Crippen LogP contribution < -0.4 is 10.6 Å². The second-order valence-corrected chi connectivity index (χ2v) is 4.18. The van der Waals surface area contributed by atoms with Gasteiger partial charge in [0.1, 0.15) is 5.69 Å². The van der Waals surface area contributed by atoms with E-state index in [0.717, 1.165) is 19.4 Å². The third kappa shape index (κ3) is 2.58. The quantitative estimate of drug-likeness (QED) is 0.778. The van der Waals surface area contributed by atoms with Crippen molar-refractivity contribution in [2.24, 2.45) is 0 Å². The van der Waals surface area contributed by atoms with Crippen LogP contribution >= 0.6 is 0 Å². The maximum absolute atomic E-state index is 11.9. The zero-order valence-corrected chi connectivity index (χ0v) is 9.44. The van der Waals surface area contributed by atoms with Gasteiger partial charge in [0.2, 0.25) is 0 Å². The number of piperidine rings is 1. The molecule has 4 nitrogen and oxygen atoms in total. The summed E-state index contributed by atoms with van der Waals surface area (Å²) in [4.78, 5) is 15.9. The van der Waals surface area contributed by atoms with Crippen LogP contribution in [0.25, 0.3) is 0 Å². The molecule has 2 atom stereocenters. The normalized spacial score (nSPS) is 25.1. The molecule has 0 spiro atoms. The molecule has 0 radical (unpaired) electrons. The standard InChI is InChI=1S/C12H17N3O/c1-9-10(6-4-8-13-9)15-12(16)11-5-2-3-7-14-11/h2-3,5,7,9-10,13H,4,6,8H2,1H3,(H,15,16). The van der Waals surface area contributed by atoms with Crippen LogP contribution in [0.2, 0.25) is 0 Å². The van der Waals surface area contributed by atoms with Gasteiger partial charge in [-0.05, 0) is 38.4 Å². The predicted octanol–water partition coefficient (Wildman–Crippen LogP) is 0.952. The lowest BCUT2D eigenvalue weighted by Gasteiger charge is -2.30. The molecule has 1 aromatic rings. The van der Waals surface area contributed by atoms with E-state index in [1.165, 1.54) is 0 Å². The minimum absolute atomic E-state index is 0.0823. The highest BCUT2D eigenvalue weighted by atomic mass is 16.1. The maximum Gasteiger partial charge on any atom is 0.270 e. The summed E-state index contributed by atoms with van der Waals surface area (Å²) < 4.78 is 0. The molecule has 16 heavy (non-hydrogen) atoms. The molecule has 0 saturated carbocycles. The molecule has 1 aliphatic rings. The fourth-order valence-corrected chi connectivity index (χ4v) is 1.98. The number of nitrogens with zero attached hydrogens (tertiary/aromatic N) is 1. The van der Waals surface area contributed by atoms with Crippen molar-refractivity contribution in [2.75, 3.05) is 6.54 Å². The molecule has 1 fully saturated rings. The van der Waals surface area contributed by atoms with Gasteiger partial charge in [0.25, 0.3) is 5.91 Å². The third-order valence-corrected chi connectivity index (χ3v) is 2.98. The van der Waals surface area contributed by atoms with Gasteiger partial charge in [0, 0.05) is 18.3 Å². The molecular formula is C12H17N3O. The minimum atomic E-state index is -0.0823. The van der Waals surface area contributed by atoms with Crippen LogP contribution in [-0.4, -0.2) is 29.5 Å². The van der Waals surface area contributed by atoms with Gasteiger partial charge in [0.05, 0.1) is 0 Å². The molecule has 2 unspecified atom stereocenters. The monoisotopic (exact) mass is 219 g/mol. The summed E-state index contributed by atoms with van der Waals surface area (Å²) in [5.74, 6) is -0.0823. The van der Waals surface area contributed by atoms with Crippen molar-refractivity contribution in [3.63, 3.8) is 0 Å². The van der Waals surface area contributed by atoms with Gasteiger partial charge >= 0.3 is 0 Å². The van der Waals surface area contributed by atoms with Gasteiger partial charge in [-0.15, -0.1) is 0 Å². The summed E-state index contributed by atoms with van der Waals surface area (Å²) in [6.07, 6.45) is 3.78. The van der Waals surface area contributed by atoms with Gasteiger partial charge in [-0.25, -0.2) is 0 Å². The zero-order chi connectivity index (χ0) is 11.4. The van der Waals surface area contributed by atoms with Crippen LogP contribution in [0.15, 0.2) is 24.4 Å². The van der Waals surface area contributed by atoms with Gasteiger partial charge in [0.15, 0.2) is 0 Å². The average molecular weight is 219 g/mol. The Kier molecular flexibility index (Phi) is 3.51. The molecule has 4 heteroatoms. The molecule has 2 N–H and O–H groups in total. The highest BCUT2D eigenvalue weighted by molar-refractivity contribution is 5.92. The van der Waals surface area contributed by atoms with Crippen LogP contribution in [0.5, 0.6) is 0 Å². The first kappa shape index (κ1) is 11.1. The Labute approximate surface area is 95.5 Å². The molecular weight excluding hydrogens is 202 g/mol. The van der Waals surface area contributed by atoms with Crippen LogP contribution in [-0.2, 0) is 0 Å². The van der Waals surface area contributed by atoms with Crippen molar-refractivity contribution in [1.82, 2.24) is 15.6 Å². The molecule has 1 aliphatic heterocycles. The predicted molar refractivity (Wildman–Crippen MR) is 62.2 cm³/mol. The summed E-state index contributed by atoms with van der Waals surface area (Å²) in [7, 11) is 0. The molecule has 2 heterocycles. The first-order chi connectivity index (χ1) is 7.77. The lowest BCUT2D eigenvalue weighted by molar-refractivity contribution is 0.0915. The Bertz CT molecular complexity index is 353. The van der Waals surface area contributed by atoms with Crippen molar-refractivity contribution in [3.05, 3.63) is 30.1 Å². The van der Waals surface area contributed by atoms with E-state index in [1.807, 2.05) is 12.1 Å². The first-order valence-corrected chi connectivity index (χ1v) is 5.72. The summed E-state index contributed by atoms with van der Waals surface area (Å²) in [5.41, 5.74) is 0.486. The van der Waals surface area contributed by atoms with Crippen LogP contribution in [0, 0.1) is 0 Å². The summed E-state index contributed by atoms with van der Waals surface area (Å²) >= 11 is 0. The van der Waals surface area contributed by atoms with Gasteiger partial charge < -0.3 is 10.6 Å². The van der Waals surface area contributed by atoms with E-state index in [1.54, 1.807) is 12.3 Å². The molecule has 0 aliphatic carbocycles. The highest BCUT2D eigenvalue weighted by Gasteiger charge is 2.22. The minimum Gasteiger partial charge on any atom is -0.346 e. The molecule has 1 saturated heterocycles. The summed E-state index contributed by atoms with van der Waals surface area (Å²) in [6, 6.07) is 5.91. The van der Waals surface area contributed by atoms with E-state index in [2.05, 4.69) is 22.5 Å². The number of rotatable bonds is 2. The fourth-order valence-electron chi connectivity index (χ4n) is 1.98. The number of hydrogen-bond acceptors (Lipinski definition) is 3. The lowest BCUT2D eigenvalue weighted by Crippen LogP contribution is -2.52. The van der Waals surface area contributed by atoms with E-state index in [9.17, 15) is 4.79 Å². The number of hydrogen-bond donors (Lipinski definition) is 2. The van der Waals surface area contributed by atoms with Crippen LogP contribution in [0.4, 0.5) is 0 Å². The van der Waals surface area contributed by atoms with Crippen LogP contribution in [0.1, 0.15) is 30.3 Å². The number of pyridine rings is 1. The van der Waals surface area contributed by atoms with E-state index in [4.69, 9.17) is 0 Å². The summed E-state index contributed by atoms with van der Waals surface area (Å²) in [5, 5.41) is 6.37. The average Bonchev–Trinajstić information content (AvgIpc) is 2.33. The van der Waals surface area contributed by atoms with E-state index < -0.39 is 0 Å². The number of carbonyl (C=O) groups is 1. The molecule has 86 valence electrons. The molecule has 1 aromatic heterocycles. The van der Waals surface area contributed by atoms with Crippen molar-refractivity contribution in [1.29, 1.82) is 0 Å². The Morgan fingerprint density at radius 1 is 1.56 bits per heavy atom. The third-order valence-electron chi connectivity index (χ3n) is 2.98. The SMILES string of the molecule is CC1NCCCC1NC(=O)c1ccccn1. The number of amides is 1. The van der Waals surface area contributed by atoms with E-state index in [0.29, 0.717) is 11.7 Å². The smallest absolute Gasteiger partial charge is 0.270 e. The van der Waals surface area contributed by atoms with Crippen LogP contribution in [0.3, 0.4) is 0 Å². The van der Waals surface area contributed by atoms with E-state index in [-0.39, 0.29) is 11.9 Å². The summed E-state index contributed by atoms with van der Waals surface area (Å²) in [6.45, 7) is 3.14. The Balaban J connectivity index is 1.96. The van der Waals surface area contributed by atoms with Gasteiger partial charge in [-0.2, -0.15) is 0 Å². The number of carbonyl (C=O) groups excluding carboxylic acids is 1. The second kappa shape index (κ2) is 5.07. The Hall–Kier alpha value is -1.42. The number of aromatic nitrogens is 1. The Morgan fingerprint density at radius 3 is 3.12 bits per heavy atom. The first-order valence-electron chi connectivity index (χ1n) is 5.72. The maximum atomic E-state index is 11.9. The topological polar surface area (TPSA) is 54.0 Å². The Morgan fingerprint density at radius 2 is 2.44 bits per heavy atom. The number of nitrogens with one attached hydrogen (secondary N) is 2. The molecule has 0 aromatic carbocycles. The van der Waals surface area contributed by atoms with Crippen molar-refractivity contribution in [2.45, 2.75) is 31.8 Å². The van der Waals surface area contributed by atoms with Crippen molar-refractivity contribution in [3.8, 4) is 0 Å². The largest absolute Gasteiger partial charge is 0.346 e. The fraction of sp³-hybridized carbons (Fsp3) is 0.500. The zero-order valence-electron chi connectivity index (χ0n) is 9.44. The van der Waals surface area contributed by atoms with Gasteiger partial charge in [-0.1, -0.05) is 6.07 Å². The highest BCUT2D eigenvalue weighted by Crippen LogP contribution is 2.08. The van der Waals surface area contributed by atoms with Gasteiger partial charge in [-0.3, -0.25) is 9.78 Å². The molecule has 2 rings (SSSR count). The molecule has 1 amide bonds. The van der Waals surface area contributed by atoms with Crippen molar-refractivity contribution < 1.29 is 4.79 Å². The molecule has 0 bridgehead atoms. The van der Waals surface area contributed by atoms with Crippen molar-refractivity contribution >= 4 is 5.91 Å².